The molecule has 0 bridgehead atoms. The summed E-state index contributed by atoms with van der Waals surface area (Å²) in [6.45, 7) is 2.76. The lowest BCUT2D eigenvalue weighted by atomic mass is 9.77. The van der Waals surface area contributed by atoms with E-state index in [0.717, 1.165) is 31.4 Å². The van der Waals surface area contributed by atoms with Gasteiger partial charge in [0.2, 0.25) is 0 Å². The van der Waals surface area contributed by atoms with Gasteiger partial charge in [0, 0.05) is 17.7 Å². The van der Waals surface area contributed by atoms with Gasteiger partial charge in [-0.05, 0) is 55.9 Å². The van der Waals surface area contributed by atoms with Crippen LogP contribution in [-0.4, -0.2) is 12.7 Å². The fraction of sp³-hybridized carbons (Fsp3) is 0.571. The van der Waals surface area contributed by atoms with Crippen molar-refractivity contribution >= 4 is 11.6 Å². The van der Waals surface area contributed by atoms with E-state index in [1.165, 1.54) is 12.1 Å². The van der Waals surface area contributed by atoms with Gasteiger partial charge >= 0.3 is 0 Å². The predicted molar refractivity (Wildman–Crippen MR) is 74.2 cm³/mol. The average molecular weight is 287 g/mol. The third-order valence-corrected chi connectivity index (χ3v) is 4.04. The van der Waals surface area contributed by atoms with Gasteiger partial charge < -0.3 is 4.74 Å². The second kappa shape index (κ2) is 6.66. The zero-order valence-corrected chi connectivity index (χ0v) is 11.8. The fourth-order valence-corrected chi connectivity index (χ4v) is 2.89. The molecule has 1 aliphatic rings. The zero-order chi connectivity index (χ0) is 13.8. The van der Waals surface area contributed by atoms with Crippen molar-refractivity contribution in [2.24, 2.45) is 11.8 Å². The lowest BCUT2D eigenvalue weighted by Crippen LogP contribution is -2.36. The van der Waals surface area contributed by atoms with Crippen molar-refractivity contribution in [3.63, 3.8) is 0 Å². The van der Waals surface area contributed by atoms with Gasteiger partial charge in [-0.2, -0.15) is 0 Å². The molecule has 3 N–H and O–H groups in total. The Labute approximate surface area is 118 Å². The van der Waals surface area contributed by atoms with Gasteiger partial charge in [-0.3, -0.25) is 11.3 Å². The Kier molecular flexibility index (Phi) is 5.16. The van der Waals surface area contributed by atoms with Crippen LogP contribution in [0.5, 0.6) is 0 Å². The number of hydrogen-bond acceptors (Lipinski definition) is 3. The first-order valence-corrected chi connectivity index (χ1v) is 7.04. The molecule has 1 atom stereocenters. The molecule has 1 unspecified atom stereocenters. The van der Waals surface area contributed by atoms with E-state index in [4.69, 9.17) is 22.2 Å². The van der Waals surface area contributed by atoms with Crippen LogP contribution in [0.2, 0.25) is 5.02 Å². The highest BCUT2D eigenvalue weighted by molar-refractivity contribution is 6.31. The Bertz CT molecular complexity index is 424. The Balaban J connectivity index is 1.95. The maximum atomic E-state index is 13.3. The van der Waals surface area contributed by atoms with Crippen molar-refractivity contribution in [1.29, 1.82) is 0 Å². The van der Waals surface area contributed by atoms with Crippen LogP contribution in [-0.2, 0) is 4.74 Å². The summed E-state index contributed by atoms with van der Waals surface area (Å²) in [4.78, 5) is 0. The standard InChI is InChI=1S/C14H20ClFN2O/c1-2-19-11-5-9(6-11)7-14(18-17)12-8-10(16)3-4-13(12)15/h3-4,8-9,11,14,18H,2,5-7,17H2,1H3. The SMILES string of the molecule is CCOC1CC(CC(NN)c2cc(F)ccc2Cl)C1. The van der Waals surface area contributed by atoms with Gasteiger partial charge in [-0.25, -0.2) is 4.39 Å². The van der Waals surface area contributed by atoms with Crippen LogP contribution < -0.4 is 11.3 Å². The quantitative estimate of drug-likeness (QED) is 0.624. The predicted octanol–water partition coefficient (Wildman–Crippen LogP) is 3.19. The van der Waals surface area contributed by atoms with E-state index < -0.39 is 0 Å². The van der Waals surface area contributed by atoms with Crippen LogP contribution in [0.25, 0.3) is 0 Å². The van der Waals surface area contributed by atoms with Crippen LogP contribution in [0.3, 0.4) is 0 Å². The molecule has 0 amide bonds. The molecule has 0 aromatic heterocycles. The van der Waals surface area contributed by atoms with Gasteiger partial charge in [0.05, 0.1) is 6.10 Å². The monoisotopic (exact) mass is 286 g/mol. The number of hydrazine groups is 1. The number of ether oxygens (including phenoxy) is 1. The highest BCUT2D eigenvalue weighted by Gasteiger charge is 2.32. The van der Waals surface area contributed by atoms with E-state index >= 15 is 0 Å². The maximum Gasteiger partial charge on any atom is 0.123 e. The summed E-state index contributed by atoms with van der Waals surface area (Å²) >= 11 is 6.11. The van der Waals surface area contributed by atoms with E-state index in [9.17, 15) is 4.39 Å². The Morgan fingerprint density at radius 2 is 2.26 bits per heavy atom. The first-order valence-electron chi connectivity index (χ1n) is 6.66. The second-order valence-electron chi connectivity index (χ2n) is 5.04. The molecular weight excluding hydrogens is 267 g/mol. The Hall–Kier alpha value is -0.680. The molecule has 5 heteroatoms. The first kappa shape index (κ1) is 14.7. The molecule has 0 radical (unpaired) electrons. The van der Waals surface area contributed by atoms with Crippen LogP contribution in [0, 0.1) is 11.7 Å². The molecule has 1 saturated carbocycles. The van der Waals surface area contributed by atoms with Crippen LogP contribution in [0.4, 0.5) is 4.39 Å². The number of rotatable bonds is 6. The van der Waals surface area contributed by atoms with E-state index in [-0.39, 0.29) is 11.9 Å². The van der Waals surface area contributed by atoms with Crippen molar-refractivity contribution in [3.8, 4) is 0 Å². The zero-order valence-electron chi connectivity index (χ0n) is 11.0. The number of nitrogens with two attached hydrogens (primary N) is 1. The lowest BCUT2D eigenvalue weighted by Gasteiger charge is -2.37. The van der Waals surface area contributed by atoms with Crippen molar-refractivity contribution < 1.29 is 9.13 Å². The number of halogens is 2. The van der Waals surface area contributed by atoms with E-state index in [0.29, 0.717) is 17.0 Å². The minimum absolute atomic E-state index is 0.115. The molecular formula is C14H20ClFN2O. The topological polar surface area (TPSA) is 47.3 Å². The summed E-state index contributed by atoms with van der Waals surface area (Å²) in [6.07, 6.45) is 3.30. The van der Waals surface area contributed by atoms with Gasteiger partial charge in [0.15, 0.2) is 0 Å². The first-order chi connectivity index (χ1) is 9.13. The Morgan fingerprint density at radius 1 is 1.53 bits per heavy atom. The molecule has 1 aliphatic carbocycles. The molecule has 1 aromatic carbocycles. The summed E-state index contributed by atoms with van der Waals surface area (Å²) in [5.74, 6) is 5.84. The van der Waals surface area contributed by atoms with Gasteiger partial charge in [0.1, 0.15) is 5.82 Å². The molecule has 19 heavy (non-hydrogen) atoms. The molecule has 106 valence electrons. The average Bonchev–Trinajstić information content (AvgIpc) is 2.35. The molecule has 1 aromatic rings. The largest absolute Gasteiger partial charge is 0.378 e. The van der Waals surface area contributed by atoms with Gasteiger partial charge in [-0.1, -0.05) is 11.6 Å². The summed E-state index contributed by atoms with van der Waals surface area (Å²) in [7, 11) is 0. The van der Waals surface area contributed by atoms with Crippen LogP contribution in [0.1, 0.15) is 37.8 Å². The fourth-order valence-electron chi connectivity index (χ4n) is 2.64. The summed E-state index contributed by atoms with van der Waals surface area (Å²) in [5.41, 5.74) is 3.47. The van der Waals surface area contributed by atoms with Gasteiger partial charge in [0.25, 0.3) is 0 Å². The highest BCUT2D eigenvalue weighted by atomic mass is 35.5. The summed E-state index contributed by atoms with van der Waals surface area (Å²) in [6, 6.07) is 4.26. The van der Waals surface area contributed by atoms with Gasteiger partial charge in [-0.15, -0.1) is 0 Å². The van der Waals surface area contributed by atoms with Crippen molar-refractivity contribution in [2.45, 2.75) is 38.3 Å². The van der Waals surface area contributed by atoms with Crippen molar-refractivity contribution in [3.05, 3.63) is 34.6 Å². The second-order valence-corrected chi connectivity index (χ2v) is 5.44. The lowest BCUT2D eigenvalue weighted by molar-refractivity contribution is -0.0291. The molecule has 0 spiro atoms. The number of nitrogens with one attached hydrogen (secondary N) is 1. The molecule has 3 nitrogen and oxygen atoms in total. The highest BCUT2D eigenvalue weighted by Crippen LogP contribution is 2.38. The third kappa shape index (κ3) is 3.66. The van der Waals surface area contributed by atoms with E-state index in [1.807, 2.05) is 6.92 Å². The van der Waals surface area contributed by atoms with Crippen molar-refractivity contribution in [1.82, 2.24) is 5.43 Å². The molecule has 1 fully saturated rings. The van der Waals surface area contributed by atoms with Crippen molar-refractivity contribution in [2.75, 3.05) is 6.61 Å². The van der Waals surface area contributed by atoms with Crippen LogP contribution in [0.15, 0.2) is 18.2 Å². The molecule has 2 rings (SSSR count). The third-order valence-electron chi connectivity index (χ3n) is 3.70. The summed E-state index contributed by atoms with van der Waals surface area (Å²) in [5, 5.41) is 0.546. The van der Waals surface area contributed by atoms with Crippen LogP contribution >= 0.6 is 11.6 Å². The minimum Gasteiger partial charge on any atom is -0.378 e. The molecule has 0 aliphatic heterocycles. The summed E-state index contributed by atoms with van der Waals surface area (Å²) < 4.78 is 18.8. The number of benzene rings is 1. The normalized spacial score (nSPS) is 24.0. The van der Waals surface area contributed by atoms with E-state index in [2.05, 4.69) is 5.43 Å². The van der Waals surface area contributed by atoms with E-state index in [1.54, 1.807) is 6.07 Å². The molecule has 0 heterocycles. The maximum absolute atomic E-state index is 13.3. The smallest absolute Gasteiger partial charge is 0.123 e. The number of hydrogen-bond donors (Lipinski definition) is 2. The minimum atomic E-state index is -0.291. The Morgan fingerprint density at radius 3 is 2.89 bits per heavy atom. The molecule has 0 saturated heterocycles.